The average molecular weight is 269 g/mol. The lowest BCUT2D eigenvalue weighted by Gasteiger charge is -2.33. The standard InChI is InChI=1S/C14H23NO4/c1-4-8(2)9(3)19-14(18)15-11-6-5-10(7-11)12(15)13(16)17/h8-12H,4-7H2,1-3H3,(H,16,17)/t8?,9?,10-,11+,12?/m0/s1. The van der Waals surface area contributed by atoms with E-state index in [-0.39, 0.29) is 24.0 Å². The maximum absolute atomic E-state index is 12.2. The number of amides is 1. The third-order valence-corrected chi connectivity index (χ3v) is 4.78. The van der Waals surface area contributed by atoms with Gasteiger partial charge in [0.25, 0.3) is 0 Å². The summed E-state index contributed by atoms with van der Waals surface area (Å²) in [5, 5.41) is 9.29. The van der Waals surface area contributed by atoms with E-state index in [0.717, 1.165) is 25.7 Å². The van der Waals surface area contributed by atoms with Crippen molar-refractivity contribution >= 4 is 12.1 Å². The van der Waals surface area contributed by atoms with Crippen LogP contribution in [0.5, 0.6) is 0 Å². The smallest absolute Gasteiger partial charge is 0.411 e. The zero-order valence-electron chi connectivity index (χ0n) is 11.8. The van der Waals surface area contributed by atoms with Gasteiger partial charge in [0.05, 0.1) is 0 Å². The fourth-order valence-corrected chi connectivity index (χ4v) is 3.24. The number of likely N-dealkylation sites (tertiary alicyclic amines) is 1. The first-order valence-corrected chi connectivity index (χ1v) is 7.17. The van der Waals surface area contributed by atoms with Crippen LogP contribution in [0, 0.1) is 11.8 Å². The van der Waals surface area contributed by atoms with E-state index in [1.807, 2.05) is 20.8 Å². The highest BCUT2D eigenvalue weighted by atomic mass is 16.6. The van der Waals surface area contributed by atoms with Gasteiger partial charge in [-0.15, -0.1) is 0 Å². The van der Waals surface area contributed by atoms with Gasteiger partial charge in [0.1, 0.15) is 12.1 Å². The summed E-state index contributed by atoms with van der Waals surface area (Å²) in [6, 6.07) is -0.627. The molecular formula is C14H23NO4. The number of carboxylic acid groups (broad SMARTS) is 1. The highest BCUT2D eigenvalue weighted by molar-refractivity contribution is 5.82. The minimum absolute atomic E-state index is 0.0581. The molecule has 1 amide bonds. The number of carbonyl (C=O) groups is 2. The second-order valence-electron chi connectivity index (χ2n) is 5.89. The van der Waals surface area contributed by atoms with Gasteiger partial charge in [-0.3, -0.25) is 4.90 Å². The van der Waals surface area contributed by atoms with Crippen LogP contribution in [-0.2, 0) is 9.53 Å². The van der Waals surface area contributed by atoms with E-state index in [1.165, 1.54) is 4.90 Å². The van der Waals surface area contributed by atoms with Crippen LogP contribution in [0.3, 0.4) is 0 Å². The summed E-state index contributed by atoms with van der Waals surface area (Å²) < 4.78 is 5.44. The fourth-order valence-electron chi connectivity index (χ4n) is 3.24. The summed E-state index contributed by atoms with van der Waals surface area (Å²) >= 11 is 0. The molecule has 0 radical (unpaired) electrons. The Hall–Kier alpha value is -1.26. The Morgan fingerprint density at radius 3 is 2.63 bits per heavy atom. The average Bonchev–Trinajstić information content (AvgIpc) is 2.97. The van der Waals surface area contributed by atoms with Gasteiger partial charge in [0, 0.05) is 6.04 Å². The van der Waals surface area contributed by atoms with Crippen LogP contribution < -0.4 is 0 Å². The van der Waals surface area contributed by atoms with Gasteiger partial charge < -0.3 is 9.84 Å². The minimum Gasteiger partial charge on any atom is -0.480 e. The lowest BCUT2D eigenvalue weighted by atomic mass is 9.99. The highest BCUT2D eigenvalue weighted by Crippen LogP contribution is 2.42. The minimum atomic E-state index is -0.902. The van der Waals surface area contributed by atoms with E-state index in [2.05, 4.69) is 0 Å². The van der Waals surface area contributed by atoms with Crippen LogP contribution in [0.15, 0.2) is 0 Å². The molecule has 19 heavy (non-hydrogen) atoms. The maximum atomic E-state index is 12.2. The first-order valence-electron chi connectivity index (χ1n) is 7.17. The number of carboxylic acids is 1. The Morgan fingerprint density at radius 2 is 2.05 bits per heavy atom. The molecule has 2 rings (SSSR count). The predicted molar refractivity (Wildman–Crippen MR) is 69.8 cm³/mol. The van der Waals surface area contributed by atoms with Crippen molar-refractivity contribution in [3.8, 4) is 0 Å². The molecule has 1 saturated heterocycles. The lowest BCUT2D eigenvalue weighted by molar-refractivity contribution is -0.144. The van der Waals surface area contributed by atoms with Gasteiger partial charge in [0.2, 0.25) is 0 Å². The van der Waals surface area contributed by atoms with Crippen LogP contribution in [0.4, 0.5) is 4.79 Å². The molecule has 3 unspecified atom stereocenters. The molecule has 5 nitrogen and oxygen atoms in total. The van der Waals surface area contributed by atoms with E-state index in [0.29, 0.717) is 0 Å². The second-order valence-corrected chi connectivity index (χ2v) is 5.89. The van der Waals surface area contributed by atoms with Gasteiger partial charge in [-0.25, -0.2) is 9.59 Å². The molecule has 1 aliphatic heterocycles. The summed E-state index contributed by atoms with van der Waals surface area (Å²) in [7, 11) is 0. The number of hydrogen-bond donors (Lipinski definition) is 1. The number of hydrogen-bond acceptors (Lipinski definition) is 3. The Bertz CT molecular complexity index is 370. The number of fused-ring (bicyclic) bond motifs is 2. The first kappa shape index (κ1) is 14.2. The summed E-state index contributed by atoms with van der Waals surface area (Å²) in [5.41, 5.74) is 0. The Morgan fingerprint density at radius 1 is 1.37 bits per heavy atom. The number of ether oxygens (including phenoxy) is 1. The second kappa shape index (κ2) is 5.39. The van der Waals surface area contributed by atoms with Crippen LogP contribution in [0.25, 0.3) is 0 Å². The highest BCUT2D eigenvalue weighted by Gasteiger charge is 2.52. The van der Waals surface area contributed by atoms with E-state index in [9.17, 15) is 14.7 Å². The van der Waals surface area contributed by atoms with Crippen molar-refractivity contribution in [2.75, 3.05) is 0 Å². The molecule has 0 spiro atoms. The van der Waals surface area contributed by atoms with E-state index in [1.54, 1.807) is 0 Å². The zero-order valence-corrected chi connectivity index (χ0v) is 11.8. The van der Waals surface area contributed by atoms with Gasteiger partial charge >= 0.3 is 12.1 Å². The van der Waals surface area contributed by atoms with Crippen molar-refractivity contribution in [3.05, 3.63) is 0 Å². The fraction of sp³-hybridized carbons (Fsp3) is 0.857. The quantitative estimate of drug-likeness (QED) is 0.851. The van der Waals surface area contributed by atoms with Crippen LogP contribution in [0.2, 0.25) is 0 Å². The van der Waals surface area contributed by atoms with Crippen molar-refractivity contribution < 1.29 is 19.4 Å². The Kier molecular flexibility index (Phi) is 4.02. The molecule has 1 saturated carbocycles. The molecular weight excluding hydrogens is 246 g/mol. The molecule has 1 aliphatic carbocycles. The molecule has 2 fully saturated rings. The van der Waals surface area contributed by atoms with Crippen molar-refractivity contribution in [2.45, 2.75) is 64.6 Å². The third-order valence-electron chi connectivity index (χ3n) is 4.78. The Balaban J connectivity index is 2.04. The largest absolute Gasteiger partial charge is 0.480 e. The lowest BCUT2D eigenvalue weighted by Crippen LogP contribution is -2.50. The van der Waals surface area contributed by atoms with E-state index < -0.39 is 18.1 Å². The normalized spacial score (nSPS) is 32.2. The third kappa shape index (κ3) is 2.55. The zero-order chi connectivity index (χ0) is 14.2. The molecule has 2 bridgehead atoms. The van der Waals surface area contributed by atoms with Crippen molar-refractivity contribution in [3.63, 3.8) is 0 Å². The molecule has 5 heteroatoms. The number of aliphatic carboxylic acids is 1. The molecule has 1 heterocycles. The molecule has 0 aromatic heterocycles. The first-order chi connectivity index (χ1) is 8.95. The maximum Gasteiger partial charge on any atom is 0.411 e. The predicted octanol–water partition coefficient (Wildman–Crippen LogP) is 2.50. The van der Waals surface area contributed by atoms with Gasteiger partial charge in [0.15, 0.2) is 0 Å². The summed E-state index contributed by atoms with van der Waals surface area (Å²) in [6.45, 7) is 5.95. The number of nitrogens with zero attached hydrogens (tertiary/aromatic N) is 1. The van der Waals surface area contributed by atoms with E-state index >= 15 is 0 Å². The summed E-state index contributed by atoms with van der Waals surface area (Å²) in [4.78, 5) is 25.0. The van der Waals surface area contributed by atoms with Crippen molar-refractivity contribution in [1.82, 2.24) is 4.90 Å². The monoisotopic (exact) mass is 269 g/mol. The molecule has 2 aliphatic rings. The van der Waals surface area contributed by atoms with Crippen LogP contribution in [-0.4, -0.2) is 40.3 Å². The van der Waals surface area contributed by atoms with Gasteiger partial charge in [-0.2, -0.15) is 0 Å². The van der Waals surface area contributed by atoms with Gasteiger partial charge in [-0.05, 0) is 38.0 Å². The summed E-state index contributed by atoms with van der Waals surface area (Å²) in [5.74, 6) is -0.513. The van der Waals surface area contributed by atoms with Crippen molar-refractivity contribution in [1.29, 1.82) is 0 Å². The molecule has 0 aromatic carbocycles. The van der Waals surface area contributed by atoms with Crippen LogP contribution in [0.1, 0.15) is 46.5 Å². The molecule has 0 aromatic rings. The number of piperidine rings is 1. The molecule has 5 atom stereocenters. The van der Waals surface area contributed by atoms with E-state index in [4.69, 9.17) is 4.74 Å². The van der Waals surface area contributed by atoms with Crippen molar-refractivity contribution in [2.24, 2.45) is 11.8 Å². The number of carbonyl (C=O) groups excluding carboxylic acids is 1. The topological polar surface area (TPSA) is 66.8 Å². The Labute approximate surface area is 113 Å². The SMILES string of the molecule is CCC(C)C(C)OC(=O)N1C(C(=O)O)[C@H]2CC[C@@H]1C2. The molecule has 108 valence electrons. The molecule has 1 N–H and O–H groups in total. The van der Waals surface area contributed by atoms with Crippen LogP contribution >= 0.6 is 0 Å². The number of rotatable bonds is 4. The summed E-state index contributed by atoms with van der Waals surface area (Å²) in [6.07, 6.45) is 2.93. The van der Waals surface area contributed by atoms with Gasteiger partial charge in [-0.1, -0.05) is 20.3 Å².